The molecule has 7 heterocycles. The van der Waals surface area contributed by atoms with Gasteiger partial charge in [0.1, 0.15) is 11.2 Å². The standard InChI is InChI=1S/C48H30N2O.C46H30N2.C45H32N2/c1-2-11-34(12-3-1)49-43-18-7-4-13-37(43)41-29-32(23-27-45(41)49)33-24-28-46-42(30-33)38-14-5-8-19-44(38)50(46)35-25-21-31(22-26-35)36-16-10-17-40-39-15-6-9-20-47(39)51-48(36)40;1-3-11-31(12-4-1)32-19-24-37(25-20-32)47-42-18-10-9-17-39(42)40-29-34(22-26-43(40)47)35-23-27-44-41(30-35)46-38-16-8-7-13-33(38)21-28-45(46)48(44)36-14-5-2-6-15-36;1-45(2)37-18-9-6-17-34(37)44-38(45)19-12-22-43(44)47-40-21-11-8-16-33(40)36-28-30(24-26-42(36)47)29-23-25-41-35(27-29)32-15-7-10-20-39(32)46(41)31-13-4-3-5-14-31/h1-30H;1-30H;3-28H,1-2H3. The van der Waals surface area contributed by atoms with E-state index in [2.05, 4.69) is 551 Å². The molecule has 0 saturated heterocycles. The van der Waals surface area contributed by atoms with E-state index in [0.29, 0.717) is 0 Å². The fraction of sp³-hybridized carbons (Fsp3) is 0.0216. The van der Waals surface area contributed by atoms with Crippen LogP contribution in [-0.4, -0.2) is 27.4 Å². The third-order valence-corrected chi connectivity index (χ3v) is 31.0. The van der Waals surface area contributed by atoms with Gasteiger partial charge in [0, 0.05) is 120 Å². The highest BCUT2D eigenvalue weighted by atomic mass is 16.3. The highest BCUT2D eigenvalue weighted by Gasteiger charge is 2.38. The summed E-state index contributed by atoms with van der Waals surface area (Å²) in [5.41, 5.74) is 40.9. The first kappa shape index (κ1) is 83.9. The lowest BCUT2D eigenvalue weighted by atomic mass is 9.82. The van der Waals surface area contributed by atoms with Crippen LogP contribution in [0.5, 0.6) is 0 Å². The molecule has 0 atom stereocenters. The van der Waals surface area contributed by atoms with Gasteiger partial charge in [0.05, 0.1) is 71.9 Å². The minimum absolute atomic E-state index is 0.0455. The summed E-state index contributed by atoms with van der Waals surface area (Å²) in [5.74, 6) is 0. The van der Waals surface area contributed by atoms with E-state index in [-0.39, 0.29) is 5.41 Å². The molecule has 23 aromatic carbocycles. The fourth-order valence-corrected chi connectivity index (χ4v) is 24.2. The van der Waals surface area contributed by atoms with E-state index in [0.717, 1.165) is 44.4 Å². The molecule has 0 spiro atoms. The number of fused-ring (bicyclic) bond motifs is 26. The maximum Gasteiger partial charge on any atom is 0.143 e. The maximum absolute atomic E-state index is 6.36. The topological polar surface area (TPSA) is 42.7 Å². The van der Waals surface area contributed by atoms with Crippen LogP contribution in [0.2, 0.25) is 0 Å². The zero-order valence-corrected chi connectivity index (χ0v) is 80.2. The Bertz CT molecular complexity index is 10500. The van der Waals surface area contributed by atoms with E-state index in [9.17, 15) is 0 Å². The molecule has 0 unspecified atom stereocenters. The molecule has 684 valence electrons. The highest BCUT2D eigenvalue weighted by Crippen LogP contribution is 2.53. The molecule has 0 amide bonds. The maximum atomic E-state index is 6.36. The SMILES string of the molecule is CC1(C)c2ccccc2-c2c(-n3c4ccccc4c4cc(-c5ccc6c(c5)c5ccccc5n6-c5ccccc5)ccc43)cccc21.c1ccc(-c2ccc(-n3c4ccccc4c4cc(-c5ccc6c(c5)c5c7ccccc7ccc5n6-c5ccccc5)ccc43)cc2)cc1.c1ccc(-n2c3ccccc3c3cc(-c4ccc5c(c4)c4ccccc4n5-c4ccc(-c5cccc6c5oc5ccccc56)cc4)ccc32)cc1. The van der Waals surface area contributed by atoms with E-state index >= 15 is 0 Å². The monoisotopic (exact) mass is 1860 g/mol. The number of hydrogen-bond acceptors (Lipinski definition) is 1. The quantitative estimate of drug-likeness (QED) is 0.127. The van der Waals surface area contributed by atoms with Gasteiger partial charge in [-0.05, 0) is 260 Å². The molecule has 0 fully saturated rings. The largest absolute Gasteiger partial charge is 0.455 e. The molecule has 0 bridgehead atoms. The Morgan fingerprint density at radius 3 is 0.925 bits per heavy atom. The molecular formula is C139H92N6O. The van der Waals surface area contributed by atoms with Gasteiger partial charge in [-0.25, -0.2) is 0 Å². The van der Waals surface area contributed by atoms with Crippen molar-refractivity contribution in [2.75, 3.05) is 0 Å². The van der Waals surface area contributed by atoms with Gasteiger partial charge in [-0.1, -0.05) is 354 Å². The predicted molar refractivity (Wildman–Crippen MR) is 615 cm³/mol. The molecule has 0 aliphatic heterocycles. The summed E-state index contributed by atoms with van der Waals surface area (Å²) in [6.45, 7) is 4.71. The Hall–Kier alpha value is -19.1. The lowest BCUT2D eigenvalue weighted by Gasteiger charge is -2.21. The Morgan fingerprint density at radius 2 is 0.466 bits per heavy atom. The van der Waals surface area contributed by atoms with Gasteiger partial charge in [-0.2, -0.15) is 0 Å². The summed E-state index contributed by atoms with van der Waals surface area (Å²) in [6, 6.07) is 190. The van der Waals surface area contributed by atoms with Gasteiger partial charge in [-0.15, -0.1) is 0 Å². The van der Waals surface area contributed by atoms with Crippen LogP contribution in [0, 0.1) is 0 Å². The van der Waals surface area contributed by atoms with Crippen molar-refractivity contribution in [3.63, 3.8) is 0 Å². The van der Waals surface area contributed by atoms with Crippen LogP contribution in [-0.2, 0) is 5.41 Å². The van der Waals surface area contributed by atoms with Crippen molar-refractivity contribution >= 4 is 164 Å². The molecule has 7 nitrogen and oxygen atoms in total. The number of rotatable bonds is 11. The summed E-state index contributed by atoms with van der Waals surface area (Å²) >= 11 is 0. The van der Waals surface area contributed by atoms with E-state index in [1.54, 1.807) is 0 Å². The third-order valence-electron chi connectivity index (χ3n) is 31.0. The Kier molecular flexibility index (Phi) is 19.3. The molecule has 31 rings (SSSR count). The van der Waals surface area contributed by atoms with E-state index in [1.807, 2.05) is 12.1 Å². The van der Waals surface area contributed by atoms with Crippen LogP contribution in [0.15, 0.2) is 526 Å². The molecule has 1 aliphatic rings. The number of hydrogen-bond donors (Lipinski definition) is 0. The van der Waals surface area contributed by atoms with Crippen LogP contribution in [0.4, 0.5) is 0 Å². The average molecular weight is 1860 g/mol. The zero-order chi connectivity index (χ0) is 96.3. The number of aromatic nitrogens is 6. The zero-order valence-electron chi connectivity index (χ0n) is 80.2. The van der Waals surface area contributed by atoms with Crippen molar-refractivity contribution in [3.8, 4) is 101 Å². The van der Waals surface area contributed by atoms with Gasteiger partial charge in [-0.3, -0.25) is 0 Å². The molecule has 1 aliphatic carbocycles. The van der Waals surface area contributed by atoms with Crippen molar-refractivity contribution < 1.29 is 4.42 Å². The Morgan fingerprint density at radius 1 is 0.171 bits per heavy atom. The van der Waals surface area contributed by atoms with Crippen LogP contribution in [0.1, 0.15) is 25.0 Å². The molecular weight excluding hydrogens is 1770 g/mol. The third kappa shape index (κ3) is 13.3. The molecule has 7 heteroatoms. The minimum Gasteiger partial charge on any atom is -0.455 e. The summed E-state index contributed by atoms with van der Waals surface area (Å²) in [7, 11) is 0. The number of furan rings is 1. The Balaban J connectivity index is 0.000000104. The number of nitrogens with zero attached hydrogens (tertiary/aromatic N) is 6. The summed E-state index contributed by atoms with van der Waals surface area (Å²) in [6.07, 6.45) is 0. The van der Waals surface area contributed by atoms with Crippen LogP contribution in [0.3, 0.4) is 0 Å². The van der Waals surface area contributed by atoms with Gasteiger partial charge in [0.15, 0.2) is 0 Å². The lowest BCUT2D eigenvalue weighted by molar-refractivity contribution is 0.660. The molecule has 0 N–H and O–H groups in total. The number of benzene rings is 23. The van der Waals surface area contributed by atoms with Crippen LogP contribution < -0.4 is 0 Å². The first-order valence-corrected chi connectivity index (χ1v) is 50.4. The summed E-state index contributed by atoms with van der Waals surface area (Å²) in [5, 5.41) is 20.0. The van der Waals surface area contributed by atoms with Gasteiger partial charge >= 0.3 is 0 Å². The Labute approximate surface area is 842 Å². The second-order valence-corrected chi connectivity index (χ2v) is 39.3. The summed E-state index contributed by atoms with van der Waals surface area (Å²) in [4.78, 5) is 0. The molecule has 0 saturated carbocycles. The number of para-hydroxylation sites is 10. The molecule has 30 aromatic rings. The van der Waals surface area contributed by atoms with Crippen molar-refractivity contribution in [1.82, 2.24) is 27.4 Å². The molecule has 146 heavy (non-hydrogen) atoms. The van der Waals surface area contributed by atoms with E-state index < -0.39 is 0 Å². The first-order valence-electron chi connectivity index (χ1n) is 50.4. The molecule has 7 aromatic heterocycles. The van der Waals surface area contributed by atoms with Crippen molar-refractivity contribution in [3.05, 3.63) is 533 Å². The smallest absolute Gasteiger partial charge is 0.143 e. The average Bonchev–Trinajstić information content (AvgIpc) is 1.55. The summed E-state index contributed by atoms with van der Waals surface area (Å²) < 4.78 is 20.8. The second-order valence-electron chi connectivity index (χ2n) is 39.3. The van der Waals surface area contributed by atoms with E-state index in [4.69, 9.17) is 4.42 Å². The normalized spacial score (nSPS) is 12.4. The van der Waals surface area contributed by atoms with Gasteiger partial charge in [0.25, 0.3) is 0 Å². The van der Waals surface area contributed by atoms with Crippen molar-refractivity contribution in [2.24, 2.45) is 0 Å². The van der Waals surface area contributed by atoms with Crippen LogP contribution in [0.25, 0.3) is 264 Å². The van der Waals surface area contributed by atoms with E-state index in [1.165, 1.54) is 231 Å². The van der Waals surface area contributed by atoms with Crippen molar-refractivity contribution in [2.45, 2.75) is 19.3 Å². The predicted octanol–water partition coefficient (Wildman–Crippen LogP) is 37.3. The highest BCUT2D eigenvalue weighted by molar-refractivity contribution is 6.23. The van der Waals surface area contributed by atoms with Gasteiger partial charge < -0.3 is 31.8 Å². The minimum atomic E-state index is -0.0455. The van der Waals surface area contributed by atoms with Crippen molar-refractivity contribution in [1.29, 1.82) is 0 Å². The second kappa shape index (κ2) is 33.6. The first-order chi connectivity index (χ1) is 72.2. The fourth-order valence-electron chi connectivity index (χ4n) is 24.2. The van der Waals surface area contributed by atoms with Crippen LogP contribution >= 0.6 is 0 Å². The lowest BCUT2D eigenvalue weighted by Crippen LogP contribution is -2.14. The molecule has 0 radical (unpaired) electrons. The van der Waals surface area contributed by atoms with Gasteiger partial charge in [0.2, 0.25) is 0 Å².